The molecule has 0 saturated heterocycles. The third-order valence-electron chi connectivity index (χ3n) is 4.91. The molecule has 1 amide bonds. The third-order valence-corrected chi connectivity index (χ3v) is 5.24. The fraction of sp³-hybridized carbons (Fsp3) is 0.529. The molecule has 1 fully saturated rings. The zero-order valence-corrected chi connectivity index (χ0v) is 14.0. The second-order valence-electron chi connectivity index (χ2n) is 6.09. The molecule has 2 N–H and O–H groups in total. The predicted octanol–water partition coefficient (Wildman–Crippen LogP) is 3.59. The average Bonchev–Trinajstić information content (AvgIpc) is 3.28. The highest BCUT2D eigenvalue weighted by Gasteiger charge is 2.47. The summed E-state index contributed by atoms with van der Waals surface area (Å²) >= 11 is 6.02. The lowest BCUT2D eigenvalue weighted by atomic mass is 9.82. The number of hydrogen-bond acceptors (Lipinski definition) is 2. The predicted molar refractivity (Wildman–Crippen MR) is 85.9 cm³/mol. The summed E-state index contributed by atoms with van der Waals surface area (Å²) in [4.78, 5) is 23.7. The van der Waals surface area contributed by atoms with Crippen molar-refractivity contribution in [2.75, 3.05) is 6.54 Å². The number of rotatable bonds is 7. The molecule has 2 unspecified atom stereocenters. The molecule has 6 heteroatoms. The number of benzene rings is 1. The molecule has 4 nitrogen and oxygen atoms in total. The van der Waals surface area contributed by atoms with Crippen molar-refractivity contribution in [3.8, 4) is 0 Å². The van der Waals surface area contributed by atoms with Crippen LogP contribution in [-0.4, -0.2) is 23.5 Å². The number of aliphatic carboxylic acids is 1. The van der Waals surface area contributed by atoms with Crippen molar-refractivity contribution in [2.45, 2.75) is 39.0 Å². The van der Waals surface area contributed by atoms with E-state index in [1.54, 1.807) is 19.9 Å². The summed E-state index contributed by atoms with van der Waals surface area (Å²) in [5, 5.41) is 12.4. The van der Waals surface area contributed by atoms with Crippen LogP contribution < -0.4 is 5.32 Å². The number of halogens is 2. The maximum absolute atomic E-state index is 13.9. The monoisotopic (exact) mass is 341 g/mol. The maximum atomic E-state index is 13.9. The molecular formula is C17H21ClFNO3. The SMILES string of the molecule is CCC(CC)(CNC(=O)C1CC1c1c(F)cccc1Cl)C(=O)O. The van der Waals surface area contributed by atoms with Gasteiger partial charge in [0.25, 0.3) is 0 Å². The van der Waals surface area contributed by atoms with Gasteiger partial charge in [-0.25, -0.2) is 4.39 Å². The maximum Gasteiger partial charge on any atom is 0.311 e. The van der Waals surface area contributed by atoms with Crippen LogP contribution in [0, 0.1) is 17.2 Å². The Morgan fingerprint density at radius 2 is 2.04 bits per heavy atom. The molecule has 2 atom stereocenters. The summed E-state index contributed by atoms with van der Waals surface area (Å²) in [6.07, 6.45) is 1.41. The van der Waals surface area contributed by atoms with E-state index < -0.39 is 17.2 Å². The fourth-order valence-electron chi connectivity index (χ4n) is 2.93. The minimum absolute atomic E-state index is 0.0857. The molecule has 0 heterocycles. The molecule has 0 aliphatic heterocycles. The van der Waals surface area contributed by atoms with E-state index in [1.807, 2.05) is 0 Å². The largest absolute Gasteiger partial charge is 0.481 e. The van der Waals surface area contributed by atoms with Gasteiger partial charge >= 0.3 is 5.97 Å². The van der Waals surface area contributed by atoms with Crippen molar-refractivity contribution in [2.24, 2.45) is 11.3 Å². The molecule has 126 valence electrons. The highest BCUT2D eigenvalue weighted by Crippen LogP contribution is 2.50. The molecule has 0 bridgehead atoms. The summed E-state index contributed by atoms with van der Waals surface area (Å²) in [6, 6.07) is 4.47. The summed E-state index contributed by atoms with van der Waals surface area (Å²) in [6.45, 7) is 3.67. The second-order valence-corrected chi connectivity index (χ2v) is 6.50. The van der Waals surface area contributed by atoms with Crippen molar-refractivity contribution in [3.05, 3.63) is 34.6 Å². The molecular weight excluding hydrogens is 321 g/mol. The molecule has 1 aromatic rings. The van der Waals surface area contributed by atoms with Gasteiger partial charge in [0, 0.05) is 29.0 Å². The van der Waals surface area contributed by atoms with Crippen LogP contribution in [0.15, 0.2) is 18.2 Å². The van der Waals surface area contributed by atoms with Gasteiger partial charge in [-0.15, -0.1) is 0 Å². The van der Waals surface area contributed by atoms with E-state index in [9.17, 15) is 19.1 Å². The van der Waals surface area contributed by atoms with Crippen LogP contribution in [0.25, 0.3) is 0 Å². The van der Waals surface area contributed by atoms with Gasteiger partial charge in [0.2, 0.25) is 5.91 Å². The fourth-order valence-corrected chi connectivity index (χ4v) is 3.24. The van der Waals surface area contributed by atoms with Crippen LogP contribution in [0.1, 0.15) is 44.6 Å². The van der Waals surface area contributed by atoms with Crippen LogP contribution >= 0.6 is 11.6 Å². The highest BCUT2D eigenvalue weighted by atomic mass is 35.5. The van der Waals surface area contributed by atoms with Crippen molar-refractivity contribution in [3.63, 3.8) is 0 Å². The Balaban J connectivity index is 2.00. The van der Waals surface area contributed by atoms with Crippen LogP contribution in [0.5, 0.6) is 0 Å². The minimum Gasteiger partial charge on any atom is -0.481 e. The zero-order chi connectivity index (χ0) is 17.2. The Labute approximate surface area is 140 Å². The second kappa shape index (κ2) is 6.87. The van der Waals surface area contributed by atoms with E-state index in [1.165, 1.54) is 12.1 Å². The summed E-state index contributed by atoms with van der Waals surface area (Å²) in [5.74, 6) is -2.12. The number of hydrogen-bond donors (Lipinski definition) is 2. The van der Waals surface area contributed by atoms with E-state index in [0.29, 0.717) is 29.8 Å². The first-order chi connectivity index (χ1) is 10.9. The number of nitrogens with one attached hydrogen (secondary N) is 1. The molecule has 2 rings (SSSR count). The van der Waals surface area contributed by atoms with Gasteiger partial charge in [0.15, 0.2) is 0 Å². The van der Waals surface area contributed by atoms with Gasteiger partial charge in [-0.2, -0.15) is 0 Å². The van der Waals surface area contributed by atoms with Gasteiger partial charge < -0.3 is 10.4 Å². The summed E-state index contributed by atoms with van der Waals surface area (Å²) in [7, 11) is 0. The lowest BCUT2D eigenvalue weighted by molar-refractivity contribution is -0.149. The number of amides is 1. The Hall–Kier alpha value is -1.62. The number of carbonyl (C=O) groups excluding carboxylic acids is 1. The van der Waals surface area contributed by atoms with Gasteiger partial charge in [-0.3, -0.25) is 9.59 Å². The van der Waals surface area contributed by atoms with E-state index in [2.05, 4.69) is 5.32 Å². The molecule has 1 saturated carbocycles. The van der Waals surface area contributed by atoms with Crippen molar-refractivity contribution < 1.29 is 19.1 Å². The smallest absolute Gasteiger partial charge is 0.311 e. The van der Waals surface area contributed by atoms with Crippen LogP contribution in [0.4, 0.5) is 4.39 Å². The highest BCUT2D eigenvalue weighted by molar-refractivity contribution is 6.31. The first-order valence-electron chi connectivity index (χ1n) is 7.81. The summed E-state index contributed by atoms with van der Waals surface area (Å²) in [5.41, 5.74) is -0.569. The van der Waals surface area contributed by atoms with Crippen molar-refractivity contribution >= 4 is 23.5 Å². The van der Waals surface area contributed by atoms with Gasteiger partial charge in [-0.05, 0) is 31.4 Å². The van der Waals surface area contributed by atoms with E-state index >= 15 is 0 Å². The molecule has 1 aliphatic carbocycles. The third kappa shape index (κ3) is 3.50. The van der Waals surface area contributed by atoms with Crippen molar-refractivity contribution in [1.29, 1.82) is 0 Å². The molecule has 0 aromatic heterocycles. The van der Waals surface area contributed by atoms with Crippen LogP contribution in [0.2, 0.25) is 5.02 Å². The number of carbonyl (C=O) groups is 2. The average molecular weight is 342 g/mol. The van der Waals surface area contributed by atoms with E-state index in [0.717, 1.165) is 0 Å². The molecule has 1 aromatic carbocycles. The Bertz CT molecular complexity index is 596. The van der Waals surface area contributed by atoms with Gasteiger partial charge in [0.1, 0.15) is 5.82 Å². The first kappa shape index (κ1) is 17.7. The lowest BCUT2D eigenvalue weighted by Gasteiger charge is -2.26. The van der Waals surface area contributed by atoms with E-state index in [4.69, 9.17) is 11.6 Å². The first-order valence-corrected chi connectivity index (χ1v) is 8.19. The summed E-state index contributed by atoms with van der Waals surface area (Å²) < 4.78 is 13.9. The quantitative estimate of drug-likeness (QED) is 0.796. The Kier molecular flexibility index (Phi) is 5.30. The molecule has 1 aliphatic rings. The van der Waals surface area contributed by atoms with E-state index in [-0.39, 0.29) is 24.3 Å². The molecule has 0 spiro atoms. The van der Waals surface area contributed by atoms with Gasteiger partial charge in [-0.1, -0.05) is 31.5 Å². The van der Waals surface area contributed by atoms with Crippen molar-refractivity contribution in [1.82, 2.24) is 5.32 Å². The Morgan fingerprint density at radius 3 is 2.57 bits per heavy atom. The normalized spacial score (nSPS) is 20.2. The van der Waals surface area contributed by atoms with Crippen LogP contribution in [-0.2, 0) is 9.59 Å². The number of carboxylic acids is 1. The van der Waals surface area contributed by atoms with Crippen LogP contribution in [0.3, 0.4) is 0 Å². The lowest BCUT2D eigenvalue weighted by Crippen LogP contribution is -2.43. The zero-order valence-electron chi connectivity index (χ0n) is 13.2. The molecule has 23 heavy (non-hydrogen) atoms. The van der Waals surface area contributed by atoms with Gasteiger partial charge in [0.05, 0.1) is 5.41 Å². The minimum atomic E-state index is -0.949. The Morgan fingerprint density at radius 1 is 1.39 bits per heavy atom. The topological polar surface area (TPSA) is 66.4 Å². The molecule has 0 radical (unpaired) electrons. The number of carboxylic acid groups (broad SMARTS) is 1. The standard InChI is InChI=1S/C17H21ClFNO3/c1-3-17(4-2,16(22)23)9-20-15(21)11-8-10(11)14-12(18)6-5-7-13(14)19/h5-7,10-11H,3-4,8-9H2,1-2H3,(H,20,21)(H,22,23).